The highest BCUT2D eigenvalue weighted by Gasteiger charge is 2.23. The van der Waals surface area contributed by atoms with E-state index in [9.17, 15) is 4.79 Å². The van der Waals surface area contributed by atoms with Crippen LogP contribution in [0.15, 0.2) is 22.7 Å². The van der Waals surface area contributed by atoms with Crippen LogP contribution in [0.3, 0.4) is 0 Å². The number of nitrogens with zero attached hydrogens (tertiary/aromatic N) is 4. The molecular formula is C17H24N4OS2. The molecule has 24 heavy (non-hydrogen) atoms. The molecule has 7 heteroatoms. The summed E-state index contributed by atoms with van der Waals surface area (Å²) in [6.07, 6.45) is 7.04. The van der Waals surface area contributed by atoms with E-state index in [1.54, 1.807) is 30.3 Å². The highest BCUT2D eigenvalue weighted by atomic mass is 32.2. The minimum Gasteiger partial charge on any atom is -0.348 e. The lowest BCUT2D eigenvalue weighted by molar-refractivity contribution is -0.125. The van der Waals surface area contributed by atoms with Crippen LogP contribution < -0.4 is 0 Å². The van der Waals surface area contributed by atoms with E-state index >= 15 is 0 Å². The average molecular weight is 365 g/mol. The second-order valence-electron chi connectivity index (χ2n) is 6.39. The number of thioether (sulfide) groups is 1. The summed E-state index contributed by atoms with van der Waals surface area (Å²) in [7, 11) is 3.58. The Hall–Kier alpha value is -1.34. The maximum absolute atomic E-state index is 11.9. The van der Waals surface area contributed by atoms with Gasteiger partial charge >= 0.3 is 0 Å². The molecule has 1 fully saturated rings. The fourth-order valence-electron chi connectivity index (χ4n) is 3.06. The van der Waals surface area contributed by atoms with Crippen molar-refractivity contribution in [1.82, 2.24) is 19.7 Å². The van der Waals surface area contributed by atoms with Crippen molar-refractivity contribution in [2.75, 3.05) is 19.8 Å². The van der Waals surface area contributed by atoms with Gasteiger partial charge in [0.05, 0.1) is 5.75 Å². The Morgan fingerprint density at radius 3 is 2.79 bits per heavy atom. The van der Waals surface area contributed by atoms with Crippen molar-refractivity contribution in [2.24, 2.45) is 0 Å². The predicted molar refractivity (Wildman–Crippen MR) is 98.7 cm³/mol. The van der Waals surface area contributed by atoms with Gasteiger partial charge in [0.15, 0.2) is 5.16 Å². The van der Waals surface area contributed by atoms with Gasteiger partial charge in [-0.15, -0.1) is 21.5 Å². The molecule has 1 aliphatic rings. The molecule has 2 heterocycles. The summed E-state index contributed by atoms with van der Waals surface area (Å²) >= 11 is 3.27. The number of rotatable bonds is 6. The van der Waals surface area contributed by atoms with Gasteiger partial charge in [0.2, 0.25) is 5.91 Å². The van der Waals surface area contributed by atoms with E-state index in [1.165, 1.54) is 48.7 Å². The quantitative estimate of drug-likeness (QED) is 0.735. The summed E-state index contributed by atoms with van der Waals surface area (Å²) < 4.78 is 2.31. The first kappa shape index (κ1) is 17.5. The van der Waals surface area contributed by atoms with Gasteiger partial charge in [0.1, 0.15) is 5.82 Å². The molecule has 0 saturated heterocycles. The largest absolute Gasteiger partial charge is 0.348 e. The normalized spacial score (nSPS) is 15.6. The van der Waals surface area contributed by atoms with Crippen molar-refractivity contribution in [3.63, 3.8) is 0 Å². The molecule has 1 amide bonds. The van der Waals surface area contributed by atoms with E-state index in [0.717, 1.165) is 17.4 Å². The lowest BCUT2D eigenvalue weighted by Gasteiger charge is -2.25. The first-order chi connectivity index (χ1) is 11.6. The van der Waals surface area contributed by atoms with Gasteiger partial charge in [-0.25, -0.2) is 0 Å². The van der Waals surface area contributed by atoms with E-state index in [-0.39, 0.29) is 5.91 Å². The molecule has 1 aliphatic carbocycles. The standard InChI is InChI=1S/C17H24N4OS2/c1-20(2)16(22)12-24-17-19-18-15(11-14-9-6-10-23-14)21(17)13-7-4-3-5-8-13/h6,9-10,13H,3-5,7-8,11-12H2,1-2H3. The Labute approximate surface area is 151 Å². The minimum atomic E-state index is 0.109. The lowest BCUT2D eigenvalue weighted by atomic mass is 9.95. The second kappa shape index (κ2) is 8.16. The number of amides is 1. The smallest absolute Gasteiger partial charge is 0.232 e. The average Bonchev–Trinajstić information content (AvgIpc) is 3.23. The van der Waals surface area contributed by atoms with Gasteiger partial charge in [-0.2, -0.15) is 0 Å². The van der Waals surface area contributed by atoms with Crippen LogP contribution in [0.2, 0.25) is 0 Å². The summed E-state index contributed by atoms with van der Waals surface area (Å²) in [4.78, 5) is 14.8. The van der Waals surface area contributed by atoms with Crippen molar-refractivity contribution in [1.29, 1.82) is 0 Å². The highest BCUT2D eigenvalue weighted by Crippen LogP contribution is 2.33. The van der Waals surface area contributed by atoms with Crippen molar-refractivity contribution < 1.29 is 4.79 Å². The summed E-state index contributed by atoms with van der Waals surface area (Å²) in [5.41, 5.74) is 0. The topological polar surface area (TPSA) is 51.0 Å². The van der Waals surface area contributed by atoms with Crippen molar-refractivity contribution in [3.05, 3.63) is 28.2 Å². The summed E-state index contributed by atoms with van der Waals surface area (Å²) in [6, 6.07) is 4.69. The zero-order valence-corrected chi connectivity index (χ0v) is 15.9. The molecule has 0 aromatic carbocycles. The number of carbonyl (C=O) groups is 1. The fraction of sp³-hybridized carbons (Fsp3) is 0.588. The molecule has 0 N–H and O–H groups in total. The van der Waals surface area contributed by atoms with Crippen LogP contribution in [0.1, 0.15) is 48.8 Å². The minimum absolute atomic E-state index is 0.109. The van der Waals surface area contributed by atoms with Gasteiger partial charge in [-0.3, -0.25) is 4.79 Å². The Kier molecular flexibility index (Phi) is 5.94. The van der Waals surface area contributed by atoms with Gasteiger partial charge in [0, 0.05) is 31.4 Å². The molecular weight excluding hydrogens is 340 g/mol. The molecule has 0 spiro atoms. The molecule has 3 rings (SSSR count). The van der Waals surface area contributed by atoms with Gasteiger partial charge < -0.3 is 9.47 Å². The van der Waals surface area contributed by atoms with Crippen LogP contribution in [0.5, 0.6) is 0 Å². The van der Waals surface area contributed by atoms with Crippen molar-refractivity contribution in [3.8, 4) is 0 Å². The second-order valence-corrected chi connectivity index (χ2v) is 8.37. The Bertz CT molecular complexity index is 660. The van der Waals surface area contributed by atoms with E-state index in [4.69, 9.17) is 0 Å². The molecule has 130 valence electrons. The Morgan fingerprint density at radius 1 is 1.33 bits per heavy atom. The summed E-state index contributed by atoms with van der Waals surface area (Å²) in [5.74, 6) is 1.55. The van der Waals surface area contributed by atoms with Crippen LogP contribution in [0.4, 0.5) is 0 Å². The van der Waals surface area contributed by atoms with E-state index in [0.29, 0.717) is 11.8 Å². The number of hydrogen-bond donors (Lipinski definition) is 0. The summed E-state index contributed by atoms with van der Waals surface area (Å²) in [6.45, 7) is 0. The SMILES string of the molecule is CN(C)C(=O)CSc1nnc(Cc2cccs2)n1C1CCCCC1. The van der Waals surface area contributed by atoms with Crippen molar-refractivity contribution in [2.45, 2.75) is 49.7 Å². The van der Waals surface area contributed by atoms with Gasteiger partial charge in [0.25, 0.3) is 0 Å². The molecule has 0 aliphatic heterocycles. The van der Waals surface area contributed by atoms with Gasteiger partial charge in [-0.1, -0.05) is 37.1 Å². The first-order valence-corrected chi connectivity index (χ1v) is 10.3. The van der Waals surface area contributed by atoms with E-state index in [1.807, 2.05) is 0 Å². The van der Waals surface area contributed by atoms with Crippen LogP contribution in [0, 0.1) is 0 Å². The Morgan fingerprint density at radius 2 is 2.12 bits per heavy atom. The zero-order valence-electron chi connectivity index (χ0n) is 14.3. The molecule has 0 unspecified atom stereocenters. The number of thiophene rings is 1. The van der Waals surface area contributed by atoms with Crippen molar-refractivity contribution >= 4 is 29.0 Å². The maximum atomic E-state index is 11.9. The zero-order chi connectivity index (χ0) is 16.9. The lowest BCUT2D eigenvalue weighted by Crippen LogP contribution is -2.24. The molecule has 2 aromatic rings. The maximum Gasteiger partial charge on any atom is 0.232 e. The monoisotopic (exact) mass is 364 g/mol. The first-order valence-electron chi connectivity index (χ1n) is 8.44. The third-order valence-corrected chi connectivity index (χ3v) is 6.22. The van der Waals surface area contributed by atoms with Crippen LogP contribution in [-0.4, -0.2) is 45.4 Å². The highest BCUT2D eigenvalue weighted by molar-refractivity contribution is 7.99. The Balaban J connectivity index is 1.81. The molecule has 5 nitrogen and oxygen atoms in total. The molecule has 2 aromatic heterocycles. The predicted octanol–water partition coefficient (Wildman–Crippen LogP) is 3.62. The van der Waals surface area contributed by atoms with E-state index < -0.39 is 0 Å². The molecule has 1 saturated carbocycles. The fourth-order valence-corrected chi connectivity index (χ4v) is 4.76. The third kappa shape index (κ3) is 4.19. The molecule has 0 atom stereocenters. The van der Waals surface area contributed by atoms with Crippen LogP contribution in [0.25, 0.3) is 0 Å². The van der Waals surface area contributed by atoms with Gasteiger partial charge in [-0.05, 0) is 24.3 Å². The molecule has 0 radical (unpaired) electrons. The third-order valence-electron chi connectivity index (χ3n) is 4.41. The van der Waals surface area contributed by atoms with E-state index in [2.05, 4.69) is 32.3 Å². The molecule has 0 bridgehead atoms. The van der Waals surface area contributed by atoms with Crippen LogP contribution >= 0.6 is 23.1 Å². The number of hydrogen-bond acceptors (Lipinski definition) is 5. The van der Waals surface area contributed by atoms with Crippen LogP contribution in [-0.2, 0) is 11.2 Å². The number of aromatic nitrogens is 3. The number of carbonyl (C=O) groups excluding carboxylic acids is 1. The summed E-state index contributed by atoms with van der Waals surface area (Å²) in [5, 5.41) is 11.9.